The lowest BCUT2D eigenvalue weighted by Gasteiger charge is -2.25. The fourth-order valence-corrected chi connectivity index (χ4v) is 3.40. The van der Waals surface area contributed by atoms with Crippen LogP contribution in [0.4, 0.5) is 5.69 Å². The zero-order chi connectivity index (χ0) is 17.3. The predicted octanol–water partition coefficient (Wildman–Crippen LogP) is 3.25. The summed E-state index contributed by atoms with van der Waals surface area (Å²) in [6, 6.07) is 7.66. The monoisotopic (exact) mass is 327 g/mol. The predicted molar refractivity (Wildman–Crippen MR) is 95.8 cm³/mol. The van der Waals surface area contributed by atoms with Crippen LogP contribution in [-0.4, -0.2) is 33.9 Å². The number of rotatable bonds is 4. The Bertz CT molecular complexity index is 763. The minimum atomic E-state index is -0.353. The third-order valence-corrected chi connectivity index (χ3v) is 4.71. The fraction of sp³-hybridized carbons (Fsp3) is 0.474. The van der Waals surface area contributed by atoms with E-state index in [9.17, 15) is 9.59 Å². The van der Waals surface area contributed by atoms with Gasteiger partial charge in [-0.15, -0.1) is 0 Å². The molecule has 0 unspecified atom stereocenters. The normalized spacial score (nSPS) is 17.7. The quantitative estimate of drug-likeness (QED) is 0.937. The van der Waals surface area contributed by atoms with E-state index in [4.69, 9.17) is 0 Å². The van der Waals surface area contributed by atoms with E-state index >= 15 is 0 Å². The van der Waals surface area contributed by atoms with Crippen molar-refractivity contribution in [3.8, 4) is 0 Å². The SMILES string of the molecule is CCn1ccc2ccc(NC(=O)[C@@H]3CCCN3C(=O)C(C)C)cc21. The lowest BCUT2D eigenvalue weighted by Crippen LogP contribution is -2.44. The van der Waals surface area contributed by atoms with E-state index < -0.39 is 0 Å². The maximum absolute atomic E-state index is 12.7. The van der Waals surface area contributed by atoms with Gasteiger partial charge in [0.1, 0.15) is 6.04 Å². The van der Waals surface area contributed by atoms with Crippen LogP contribution in [0.2, 0.25) is 0 Å². The number of likely N-dealkylation sites (tertiary alicyclic amines) is 1. The minimum Gasteiger partial charge on any atom is -0.348 e. The van der Waals surface area contributed by atoms with Crippen molar-refractivity contribution in [2.45, 2.75) is 46.2 Å². The molecule has 24 heavy (non-hydrogen) atoms. The van der Waals surface area contributed by atoms with Gasteiger partial charge in [0.25, 0.3) is 0 Å². The van der Waals surface area contributed by atoms with Crippen LogP contribution < -0.4 is 5.32 Å². The molecule has 2 heterocycles. The highest BCUT2D eigenvalue weighted by molar-refractivity contribution is 5.99. The van der Waals surface area contributed by atoms with E-state index in [1.54, 1.807) is 4.90 Å². The Hall–Kier alpha value is -2.30. The lowest BCUT2D eigenvalue weighted by atomic mass is 10.1. The Morgan fingerprint density at radius 2 is 2.08 bits per heavy atom. The molecule has 2 aromatic rings. The first-order valence-corrected chi connectivity index (χ1v) is 8.71. The first-order chi connectivity index (χ1) is 11.5. The van der Waals surface area contributed by atoms with Gasteiger partial charge in [-0.2, -0.15) is 0 Å². The summed E-state index contributed by atoms with van der Waals surface area (Å²) in [5.41, 5.74) is 1.89. The summed E-state index contributed by atoms with van der Waals surface area (Å²) in [4.78, 5) is 26.7. The standard InChI is InChI=1S/C19H25N3O2/c1-4-21-11-9-14-7-8-15(12-17(14)21)20-18(23)16-6-5-10-22(16)19(24)13(2)3/h7-9,11-13,16H,4-6,10H2,1-3H3,(H,20,23)/t16-/m0/s1. The second-order valence-corrected chi connectivity index (χ2v) is 6.71. The third kappa shape index (κ3) is 3.03. The second kappa shape index (κ2) is 6.67. The number of aryl methyl sites for hydroxylation is 1. The topological polar surface area (TPSA) is 54.3 Å². The Morgan fingerprint density at radius 1 is 1.29 bits per heavy atom. The van der Waals surface area contributed by atoms with Gasteiger partial charge in [-0.3, -0.25) is 9.59 Å². The number of carbonyl (C=O) groups excluding carboxylic acids is 2. The van der Waals surface area contributed by atoms with Crippen molar-refractivity contribution < 1.29 is 9.59 Å². The van der Waals surface area contributed by atoms with E-state index in [2.05, 4.69) is 29.1 Å². The van der Waals surface area contributed by atoms with Crippen molar-refractivity contribution >= 4 is 28.4 Å². The molecule has 1 N–H and O–H groups in total. The lowest BCUT2D eigenvalue weighted by molar-refractivity contribution is -0.139. The molecule has 5 heteroatoms. The van der Waals surface area contributed by atoms with Gasteiger partial charge < -0.3 is 14.8 Å². The first-order valence-electron chi connectivity index (χ1n) is 8.71. The van der Waals surface area contributed by atoms with Crippen molar-refractivity contribution in [1.29, 1.82) is 0 Å². The minimum absolute atomic E-state index is 0.0583. The Labute approximate surface area is 142 Å². The first kappa shape index (κ1) is 16.6. The van der Waals surface area contributed by atoms with Crippen molar-refractivity contribution in [3.05, 3.63) is 30.5 Å². The summed E-state index contributed by atoms with van der Waals surface area (Å²) in [6.45, 7) is 7.41. The summed E-state index contributed by atoms with van der Waals surface area (Å²) in [7, 11) is 0. The largest absolute Gasteiger partial charge is 0.348 e. The molecule has 5 nitrogen and oxygen atoms in total. The smallest absolute Gasteiger partial charge is 0.247 e. The Morgan fingerprint density at radius 3 is 2.79 bits per heavy atom. The molecule has 0 radical (unpaired) electrons. The number of nitrogens with zero attached hydrogens (tertiary/aromatic N) is 2. The zero-order valence-corrected chi connectivity index (χ0v) is 14.6. The fourth-order valence-electron chi connectivity index (χ4n) is 3.40. The third-order valence-electron chi connectivity index (χ3n) is 4.71. The molecule has 3 rings (SSSR count). The molecular weight excluding hydrogens is 302 g/mol. The maximum Gasteiger partial charge on any atom is 0.247 e. The van der Waals surface area contributed by atoms with Crippen molar-refractivity contribution in [2.24, 2.45) is 5.92 Å². The number of anilines is 1. The van der Waals surface area contributed by atoms with E-state index in [1.807, 2.05) is 32.0 Å². The van der Waals surface area contributed by atoms with Crippen LogP contribution in [0, 0.1) is 5.92 Å². The molecule has 0 aliphatic carbocycles. The van der Waals surface area contributed by atoms with Gasteiger partial charge in [0.15, 0.2) is 0 Å². The summed E-state index contributed by atoms with van der Waals surface area (Å²) >= 11 is 0. The van der Waals surface area contributed by atoms with Gasteiger partial charge in [0, 0.05) is 30.9 Å². The average molecular weight is 327 g/mol. The molecule has 128 valence electrons. The van der Waals surface area contributed by atoms with Crippen molar-refractivity contribution in [2.75, 3.05) is 11.9 Å². The highest BCUT2D eigenvalue weighted by atomic mass is 16.2. The van der Waals surface area contributed by atoms with E-state index in [1.165, 1.54) is 0 Å². The maximum atomic E-state index is 12.7. The highest BCUT2D eigenvalue weighted by Gasteiger charge is 2.34. The van der Waals surface area contributed by atoms with Crippen molar-refractivity contribution in [1.82, 2.24) is 9.47 Å². The Kier molecular flexibility index (Phi) is 4.60. The number of aromatic nitrogens is 1. The zero-order valence-electron chi connectivity index (χ0n) is 14.6. The van der Waals surface area contributed by atoms with Gasteiger partial charge in [-0.25, -0.2) is 0 Å². The number of amides is 2. The van der Waals surface area contributed by atoms with Gasteiger partial charge in [0.05, 0.1) is 5.52 Å². The second-order valence-electron chi connectivity index (χ2n) is 6.71. The van der Waals surface area contributed by atoms with E-state index in [0.29, 0.717) is 6.54 Å². The average Bonchev–Trinajstić information content (AvgIpc) is 3.20. The van der Waals surface area contributed by atoms with Crippen LogP contribution in [0.5, 0.6) is 0 Å². The molecule has 2 amide bonds. The highest BCUT2D eigenvalue weighted by Crippen LogP contribution is 2.24. The molecule has 1 atom stereocenters. The van der Waals surface area contributed by atoms with E-state index in [0.717, 1.165) is 36.0 Å². The summed E-state index contributed by atoms with van der Waals surface area (Å²) in [6.07, 6.45) is 3.67. The van der Waals surface area contributed by atoms with Crippen molar-refractivity contribution in [3.63, 3.8) is 0 Å². The molecule has 0 spiro atoms. The summed E-state index contributed by atoms with van der Waals surface area (Å²) in [5, 5.41) is 4.15. The molecule has 1 fully saturated rings. The number of fused-ring (bicyclic) bond motifs is 1. The molecule has 1 aromatic carbocycles. The number of carbonyl (C=O) groups is 2. The van der Waals surface area contributed by atoms with Gasteiger partial charge in [-0.05, 0) is 43.4 Å². The van der Waals surface area contributed by atoms with Gasteiger partial charge in [0.2, 0.25) is 11.8 Å². The summed E-state index contributed by atoms with van der Waals surface area (Å²) < 4.78 is 2.15. The number of hydrogen-bond acceptors (Lipinski definition) is 2. The van der Waals surface area contributed by atoms with Crippen LogP contribution in [0.3, 0.4) is 0 Å². The molecule has 0 bridgehead atoms. The molecular formula is C19H25N3O2. The molecule has 1 aliphatic rings. The van der Waals surface area contributed by atoms with Gasteiger partial charge >= 0.3 is 0 Å². The van der Waals surface area contributed by atoms with Crippen LogP contribution >= 0.6 is 0 Å². The Balaban J connectivity index is 1.77. The number of nitrogens with one attached hydrogen (secondary N) is 1. The number of benzene rings is 1. The van der Waals surface area contributed by atoms with Crippen LogP contribution in [-0.2, 0) is 16.1 Å². The summed E-state index contributed by atoms with van der Waals surface area (Å²) in [5.74, 6) is -0.110. The molecule has 1 aromatic heterocycles. The van der Waals surface area contributed by atoms with Crippen LogP contribution in [0.15, 0.2) is 30.5 Å². The van der Waals surface area contributed by atoms with Crippen LogP contribution in [0.1, 0.15) is 33.6 Å². The number of hydrogen-bond donors (Lipinski definition) is 1. The molecule has 0 saturated carbocycles. The molecule has 1 aliphatic heterocycles. The van der Waals surface area contributed by atoms with E-state index in [-0.39, 0.29) is 23.8 Å². The molecule has 1 saturated heterocycles. The van der Waals surface area contributed by atoms with Crippen LogP contribution in [0.25, 0.3) is 10.9 Å². The van der Waals surface area contributed by atoms with Gasteiger partial charge in [-0.1, -0.05) is 19.9 Å².